The Bertz CT molecular complexity index is 1020. The van der Waals surface area contributed by atoms with Crippen LogP contribution in [-0.2, 0) is 6.54 Å². The summed E-state index contributed by atoms with van der Waals surface area (Å²) in [5.41, 5.74) is 4.43. The lowest BCUT2D eigenvalue weighted by Crippen LogP contribution is -2.37. The third-order valence-electron chi connectivity index (χ3n) is 6.54. The van der Waals surface area contributed by atoms with Crippen molar-refractivity contribution in [1.29, 1.82) is 0 Å². The van der Waals surface area contributed by atoms with E-state index in [9.17, 15) is 14.7 Å². The third kappa shape index (κ3) is 5.96. The fourth-order valence-electron chi connectivity index (χ4n) is 4.84. The summed E-state index contributed by atoms with van der Waals surface area (Å²) in [7, 11) is 0. The molecule has 0 saturated heterocycles. The molecule has 1 aliphatic carbocycles. The molecule has 1 aliphatic rings. The van der Waals surface area contributed by atoms with E-state index in [-0.39, 0.29) is 31.2 Å². The molecular weight excluding hydrogens is 418 g/mol. The number of hydrogen-bond acceptors (Lipinski definition) is 5. The van der Waals surface area contributed by atoms with Gasteiger partial charge in [0.2, 0.25) is 0 Å². The van der Waals surface area contributed by atoms with Gasteiger partial charge in [0.05, 0.1) is 6.61 Å². The van der Waals surface area contributed by atoms with Crippen molar-refractivity contribution in [3.05, 3.63) is 56.5 Å². The molecule has 7 heteroatoms. The van der Waals surface area contributed by atoms with Gasteiger partial charge in [-0.05, 0) is 63.8 Å². The van der Waals surface area contributed by atoms with Crippen LogP contribution >= 0.6 is 0 Å². The average Bonchev–Trinajstić information content (AvgIpc) is 2.79. The highest BCUT2D eigenvalue weighted by Gasteiger charge is 2.24. The fourth-order valence-corrected chi connectivity index (χ4v) is 4.84. The lowest BCUT2D eigenvalue weighted by Gasteiger charge is -2.37. The number of amides is 1. The fraction of sp³-hybridized carbons (Fsp3) is 0.538. The largest absolute Gasteiger partial charge is 0.491 e. The van der Waals surface area contributed by atoms with E-state index in [2.05, 4.69) is 22.1 Å². The second kappa shape index (κ2) is 11.4. The first kappa shape index (κ1) is 24.8. The Morgan fingerprint density at radius 1 is 1.18 bits per heavy atom. The van der Waals surface area contributed by atoms with Gasteiger partial charge in [0, 0.05) is 47.7 Å². The van der Waals surface area contributed by atoms with Gasteiger partial charge in [-0.15, -0.1) is 0 Å². The number of aryl methyl sites for hydroxylation is 2. The molecule has 1 amide bonds. The Kier molecular flexibility index (Phi) is 8.55. The maximum absolute atomic E-state index is 13.2. The first-order chi connectivity index (χ1) is 15.8. The number of carbonyl (C=O) groups excluding carboxylic acids is 1. The highest BCUT2D eigenvalue weighted by Crippen LogP contribution is 2.34. The molecule has 1 saturated carbocycles. The van der Waals surface area contributed by atoms with Gasteiger partial charge >= 0.3 is 0 Å². The number of aromatic amines is 1. The van der Waals surface area contributed by atoms with Gasteiger partial charge in [0.1, 0.15) is 12.4 Å². The van der Waals surface area contributed by atoms with Crippen LogP contribution in [-0.4, -0.2) is 41.8 Å². The van der Waals surface area contributed by atoms with E-state index in [0.717, 1.165) is 41.9 Å². The number of nitrogens with one attached hydrogen (secondary N) is 2. The van der Waals surface area contributed by atoms with Gasteiger partial charge in [-0.1, -0.05) is 19.3 Å². The molecule has 1 fully saturated rings. The van der Waals surface area contributed by atoms with Gasteiger partial charge in [-0.2, -0.15) is 0 Å². The number of anilines is 1. The molecule has 1 heterocycles. The minimum absolute atomic E-state index is 0.0969. The second-order valence-corrected chi connectivity index (χ2v) is 8.89. The van der Waals surface area contributed by atoms with E-state index in [1.807, 2.05) is 32.9 Å². The number of pyridine rings is 1. The summed E-state index contributed by atoms with van der Waals surface area (Å²) in [4.78, 5) is 30.8. The predicted octanol–water partition coefficient (Wildman–Crippen LogP) is 3.76. The van der Waals surface area contributed by atoms with Gasteiger partial charge in [-0.25, -0.2) is 0 Å². The molecule has 0 unspecified atom stereocenters. The average molecular weight is 456 g/mol. The molecule has 1 aromatic carbocycles. The lowest BCUT2D eigenvalue weighted by molar-refractivity contribution is 0.0949. The molecule has 0 bridgehead atoms. The van der Waals surface area contributed by atoms with E-state index < -0.39 is 0 Å². The molecule has 3 rings (SSSR count). The van der Waals surface area contributed by atoms with Crippen LogP contribution in [0.2, 0.25) is 0 Å². The predicted molar refractivity (Wildman–Crippen MR) is 131 cm³/mol. The molecule has 0 atom stereocenters. The van der Waals surface area contributed by atoms with Crippen LogP contribution in [0.15, 0.2) is 23.0 Å². The second-order valence-electron chi connectivity index (χ2n) is 8.89. The van der Waals surface area contributed by atoms with Crippen molar-refractivity contribution in [1.82, 2.24) is 10.3 Å². The zero-order chi connectivity index (χ0) is 24.0. The number of ether oxygens (including phenoxy) is 1. The highest BCUT2D eigenvalue weighted by atomic mass is 16.5. The smallest absolute Gasteiger partial charge is 0.253 e. The summed E-state index contributed by atoms with van der Waals surface area (Å²) in [5.74, 6) is 0.315. The van der Waals surface area contributed by atoms with Crippen molar-refractivity contribution < 1.29 is 14.6 Å². The van der Waals surface area contributed by atoms with Crippen molar-refractivity contribution in [3.8, 4) is 5.75 Å². The van der Waals surface area contributed by atoms with Crippen LogP contribution in [0.25, 0.3) is 0 Å². The van der Waals surface area contributed by atoms with Crippen LogP contribution in [0.5, 0.6) is 5.75 Å². The number of nitrogens with zero attached hydrogens (tertiary/aromatic N) is 1. The normalized spacial score (nSPS) is 14.2. The summed E-state index contributed by atoms with van der Waals surface area (Å²) in [6.07, 6.45) is 6.01. The van der Waals surface area contributed by atoms with Crippen molar-refractivity contribution in [2.45, 2.75) is 72.4 Å². The van der Waals surface area contributed by atoms with Gasteiger partial charge < -0.3 is 25.0 Å². The number of hydrogen-bond donors (Lipinski definition) is 3. The number of aromatic nitrogens is 1. The number of carbonyl (C=O) groups is 1. The summed E-state index contributed by atoms with van der Waals surface area (Å²) >= 11 is 0. The van der Waals surface area contributed by atoms with Crippen LogP contribution in [0, 0.1) is 20.8 Å². The number of H-pyrrole nitrogens is 1. The van der Waals surface area contributed by atoms with E-state index in [1.165, 1.54) is 19.3 Å². The van der Waals surface area contributed by atoms with E-state index in [0.29, 0.717) is 22.9 Å². The standard InChI is InChI=1S/C26H37N3O4/c1-5-29(20-9-7-6-8-10-20)24-15-21(33-12-11-30)14-22(19(24)4)25(31)27-16-23-17(2)13-18(3)28-26(23)32/h13-15,20,30H,5-12,16H2,1-4H3,(H,27,31)(H,28,32). The summed E-state index contributed by atoms with van der Waals surface area (Å²) in [6, 6.07) is 6.05. The first-order valence-electron chi connectivity index (χ1n) is 12.0. The Morgan fingerprint density at radius 2 is 1.91 bits per heavy atom. The highest BCUT2D eigenvalue weighted by molar-refractivity contribution is 5.97. The quantitative estimate of drug-likeness (QED) is 0.535. The van der Waals surface area contributed by atoms with Gasteiger partial charge in [-0.3, -0.25) is 9.59 Å². The molecule has 180 valence electrons. The summed E-state index contributed by atoms with van der Waals surface area (Å²) in [6.45, 7) is 8.88. The Hall–Kier alpha value is -2.80. The minimum Gasteiger partial charge on any atom is -0.491 e. The monoisotopic (exact) mass is 455 g/mol. The number of rotatable bonds is 9. The number of aliphatic hydroxyl groups is 1. The minimum atomic E-state index is -0.248. The SMILES string of the molecule is CCN(c1cc(OCCO)cc(C(=O)NCc2c(C)cc(C)[nH]c2=O)c1C)C1CCCCC1. The maximum atomic E-state index is 13.2. The van der Waals surface area contributed by atoms with Crippen molar-refractivity contribution >= 4 is 11.6 Å². The molecule has 0 radical (unpaired) electrons. The van der Waals surface area contributed by atoms with Crippen molar-refractivity contribution in [2.75, 3.05) is 24.7 Å². The van der Waals surface area contributed by atoms with Crippen LogP contribution in [0.1, 0.15) is 71.8 Å². The molecule has 33 heavy (non-hydrogen) atoms. The molecule has 2 aromatic rings. The molecule has 1 aromatic heterocycles. The summed E-state index contributed by atoms with van der Waals surface area (Å²) < 4.78 is 5.73. The molecule has 3 N–H and O–H groups in total. The van der Waals surface area contributed by atoms with Gasteiger partial charge in [0.25, 0.3) is 11.5 Å². The first-order valence-corrected chi connectivity index (χ1v) is 12.0. The molecule has 0 spiro atoms. The summed E-state index contributed by atoms with van der Waals surface area (Å²) in [5, 5.41) is 12.1. The zero-order valence-corrected chi connectivity index (χ0v) is 20.3. The topological polar surface area (TPSA) is 94.7 Å². The number of aliphatic hydroxyl groups excluding tert-OH is 1. The van der Waals surface area contributed by atoms with Crippen LogP contribution in [0.4, 0.5) is 5.69 Å². The van der Waals surface area contributed by atoms with E-state index in [1.54, 1.807) is 6.07 Å². The maximum Gasteiger partial charge on any atom is 0.253 e. The van der Waals surface area contributed by atoms with E-state index in [4.69, 9.17) is 4.74 Å². The number of benzene rings is 1. The molecular formula is C26H37N3O4. The third-order valence-corrected chi connectivity index (χ3v) is 6.54. The van der Waals surface area contributed by atoms with Crippen LogP contribution < -0.4 is 20.5 Å². The lowest BCUT2D eigenvalue weighted by atomic mass is 9.93. The van der Waals surface area contributed by atoms with Gasteiger partial charge in [0.15, 0.2) is 0 Å². The van der Waals surface area contributed by atoms with Crippen molar-refractivity contribution in [3.63, 3.8) is 0 Å². The molecule has 0 aliphatic heterocycles. The van der Waals surface area contributed by atoms with E-state index >= 15 is 0 Å². The Balaban J connectivity index is 1.91. The Labute approximate surface area is 196 Å². The molecule has 7 nitrogen and oxygen atoms in total. The van der Waals surface area contributed by atoms with Crippen LogP contribution in [0.3, 0.4) is 0 Å². The van der Waals surface area contributed by atoms with Crippen molar-refractivity contribution in [2.24, 2.45) is 0 Å². The Morgan fingerprint density at radius 3 is 2.55 bits per heavy atom. The zero-order valence-electron chi connectivity index (χ0n) is 20.3.